The lowest BCUT2D eigenvalue weighted by atomic mass is 9.78. The quantitative estimate of drug-likeness (QED) is 0.185. The summed E-state index contributed by atoms with van der Waals surface area (Å²) in [4.78, 5) is 0. The number of rotatable bonds is 3. The molecule has 0 radical (unpaired) electrons. The van der Waals surface area contributed by atoms with Gasteiger partial charge in [-0.15, -0.1) is 0 Å². The van der Waals surface area contributed by atoms with Gasteiger partial charge in [-0.1, -0.05) is 159 Å². The van der Waals surface area contributed by atoms with Gasteiger partial charge in [0.1, 0.15) is 0 Å². The summed E-state index contributed by atoms with van der Waals surface area (Å²) in [6.45, 7) is 4.75. The second-order valence-corrected chi connectivity index (χ2v) is 12.9. The molecule has 0 atom stereocenters. The van der Waals surface area contributed by atoms with E-state index in [4.69, 9.17) is 0 Å². The molecule has 0 aromatic heterocycles. The highest BCUT2D eigenvalue weighted by Gasteiger charge is 2.37. The van der Waals surface area contributed by atoms with Crippen LogP contribution in [0.15, 0.2) is 158 Å². The first-order chi connectivity index (χ1) is 22.1. The summed E-state index contributed by atoms with van der Waals surface area (Å²) >= 11 is 0. The third kappa shape index (κ3) is 3.85. The maximum Gasteiger partial charge on any atom is 0.0165 e. The Hall–Kier alpha value is -5.46. The first kappa shape index (κ1) is 26.0. The topological polar surface area (TPSA) is 0 Å². The molecule has 8 aromatic rings. The molecule has 0 N–H and O–H groups in total. The maximum absolute atomic E-state index is 2.42. The normalized spacial score (nSPS) is 13.3. The SMILES string of the molecule is CC1(C)c2ccccc2-c2cccc(-c3cccc(-c4c5ccccc5c(-c5ccc6ccccc6c5)c5ccccc45)c3)c21. The molecule has 0 heteroatoms. The van der Waals surface area contributed by atoms with Crippen LogP contribution in [0, 0.1) is 0 Å². The summed E-state index contributed by atoms with van der Waals surface area (Å²) in [6, 6.07) is 58.4. The lowest BCUT2D eigenvalue weighted by molar-refractivity contribution is 0.662. The summed E-state index contributed by atoms with van der Waals surface area (Å²) in [5.41, 5.74) is 13.1. The monoisotopic (exact) mass is 572 g/mol. The predicted molar refractivity (Wildman–Crippen MR) is 193 cm³/mol. The summed E-state index contributed by atoms with van der Waals surface area (Å²) in [7, 11) is 0. The molecular weight excluding hydrogens is 540 g/mol. The van der Waals surface area contributed by atoms with Gasteiger partial charge in [-0.3, -0.25) is 0 Å². The van der Waals surface area contributed by atoms with Gasteiger partial charge in [-0.05, 0) is 100 Å². The second-order valence-electron chi connectivity index (χ2n) is 12.9. The molecule has 0 nitrogen and oxygen atoms in total. The van der Waals surface area contributed by atoms with E-state index in [1.165, 1.54) is 88.0 Å². The van der Waals surface area contributed by atoms with Crippen molar-refractivity contribution in [3.63, 3.8) is 0 Å². The fourth-order valence-electron chi connectivity index (χ4n) is 8.03. The highest BCUT2D eigenvalue weighted by molar-refractivity contribution is 6.21. The van der Waals surface area contributed by atoms with Crippen molar-refractivity contribution in [1.29, 1.82) is 0 Å². The van der Waals surface area contributed by atoms with Crippen LogP contribution in [0.25, 0.3) is 76.8 Å². The third-order valence-electron chi connectivity index (χ3n) is 10.0. The minimum Gasteiger partial charge on any atom is -0.0619 e. The van der Waals surface area contributed by atoms with Gasteiger partial charge in [0.15, 0.2) is 0 Å². The average Bonchev–Trinajstić information content (AvgIpc) is 3.33. The number of fused-ring (bicyclic) bond motifs is 6. The van der Waals surface area contributed by atoms with Crippen molar-refractivity contribution in [3.8, 4) is 44.5 Å². The molecule has 0 amide bonds. The molecule has 0 heterocycles. The van der Waals surface area contributed by atoms with Crippen LogP contribution in [0.3, 0.4) is 0 Å². The third-order valence-corrected chi connectivity index (χ3v) is 10.0. The Morgan fingerprint density at radius 3 is 1.58 bits per heavy atom. The summed E-state index contributed by atoms with van der Waals surface area (Å²) in [5.74, 6) is 0. The molecular formula is C45H32. The Morgan fingerprint density at radius 1 is 0.356 bits per heavy atom. The van der Waals surface area contributed by atoms with Crippen molar-refractivity contribution in [1.82, 2.24) is 0 Å². The fourth-order valence-corrected chi connectivity index (χ4v) is 8.03. The molecule has 0 saturated heterocycles. The van der Waals surface area contributed by atoms with Gasteiger partial charge in [0.05, 0.1) is 0 Å². The van der Waals surface area contributed by atoms with Crippen LogP contribution in [0.4, 0.5) is 0 Å². The molecule has 0 spiro atoms. The fraction of sp³-hybridized carbons (Fsp3) is 0.0667. The average molecular weight is 573 g/mol. The molecule has 1 aliphatic carbocycles. The molecule has 45 heavy (non-hydrogen) atoms. The second kappa shape index (κ2) is 9.78. The van der Waals surface area contributed by atoms with Crippen LogP contribution in [-0.4, -0.2) is 0 Å². The number of hydrogen-bond donors (Lipinski definition) is 0. The smallest absolute Gasteiger partial charge is 0.0165 e. The Kier molecular flexibility index (Phi) is 5.64. The minimum atomic E-state index is -0.0700. The molecule has 0 fully saturated rings. The van der Waals surface area contributed by atoms with Crippen molar-refractivity contribution in [3.05, 3.63) is 169 Å². The molecule has 0 unspecified atom stereocenters. The molecule has 9 rings (SSSR count). The van der Waals surface area contributed by atoms with E-state index in [1.54, 1.807) is 0 Å². The van der Waals surface area contributed by atoms with Crippen molar-refractivity contribution in [2.75, 3.05) is 0 Å². The van der Waals surface area contributed by atoms with Crippen LogP contribution >= 0.6 is 0 Å². The highest BCUT2D eigenvalue weighted by Crippen LogP contribution is 2.52. The van der Waals surface area contributed by atoms with Crippen LogP contribution in [-0.2, 0) is 5.41 Å². The van der Waals surface area contributed by atoms with Gasteiger partial charge >= 0.3 is 0 Å². The molecule has 212 valence electrons. The van der Waals surface area contributed by atoms with Gasteiger partial charge in [-0.2, -0.15) is 0 Å². The van der Waals surface area contributed by atoms with Gasteiger partial charge < -0.3 is 0 Å². The van der Waals surface area contributed by atoms with E-state index in [1.807, 2.05) is 0 Å². The number of hydrogen-bond acceptors (Lipinski definition) is 0. The zero-order chi connectivity index (χ0) is 30.1. The molecule has 0 bridgehead atoms. The lowest BCUT2D eigenvalue weighted by Gasteiger charge is -2.25. The van der Waals surface area contributed by atoms with E-state index >= 15 is 0 Å². The Bertz CT molecular complexity index is 2400. The molecule has 0 saturated carbocycles. The van der Waals surface area contributed by atoms with Crippen LogP contribution in [0.5, 0.6) is 0 Å². The van der Waals surface area contributed by atoms with E-state index in [-0.39, 0.29) is 5.41 Å². The van der Waals surface area contributed by atoms with Gasteiger partial charge in [0.2, 0.25) is 0 Å². The zero-order valence-electron chi connectivity index (χ0n) is 25.5. The Morgan fingerprint density at radius 2 is 0.867 bits per heavy atom. The first-order valence-corrected chi connectivity index (χ1v) is 15.9. The van der Waals surface area contributed by atoms with E-state index in [9.17, 15) is 0 Å². The van der Waals surface area contributed by atoms with Gasteiger partial charge in [0, 0.05) is 5.41 Å². The predicted octanol–water partition coefficient (Wildman–Crippen LogP) is 12.5. The van der Waals surface area contributed by atoms with E-state index in [2.05, 4.69) is 172 Å². The van der Waals surface area contributed by atoms with Crippen molar-refractivity contribution in [2.24, 2.45) is 0 Å². The van der Waals surface area contributed by atoms with E-state index in [0.717, 1.165) is 0 Å². The Balaban J connectivity index is 1.29. The largest absolute Gasteiger partial charge is 0.0619 e. The van der Waals surface area contributed by atoms with Crippen LogP contribution in [0.2, 0.25) is 0 Å². The molecule has 8 aromatic carbocycles. The summed E-state index contributed by atoms with van der Waals surface area (Å²) < 4.78 is 0. The standard InChI is InChI=1S/C45H32/c1-45(2)41-24-10-9-17-35(41)40-23-12-22-34(44(40)45)31-15-11-16-32(28-31)42-36-18-5-7-20-38(36)43(39-21-8-6-19-37(39)42)33-26-25-29-13-3-4-14-30(29)27-33/h3-28H,1-2H3. The van der Waals surface area contributed by atoms with Crippen molar-refractivity contribution >= 4 is 32.3 Å². The Labute approximate surface area is 264 Å². The molecule has 0 aliphatic heterocycles. The first-order valence-electron chi connectivity index (χ1n) is 15.9. The highest BCUT2D eigenvalue weighted by atomic mass is 14.4. The van der Waals surface area contributed by atoms with Crippen LogP contribution in [0.1, 0.15) is 25.0 Å². The summed E-state index contributed by atoms with van der Waals surface area (Å²) in [6.07, 6.45) is 0. The lowest BCUT2D eigenvalue weighted by Crippen LogP contribution is -2.16. The van der Waals surface area contributed by atoms with Crippen molar-refractivity contribution in [2.45, 2.75) is 19.3 Å². The van der Waals surface area contributed by atoms with Gasteiger partial charge in [0.25, 0.3) is 0 Å². The zero-order valence-corrected chi connectivity index (χ0v) is 25.5. The van der Waals surface area contributed by atoms with Crippen molar-refractivity contribution < 1.29 is 0 Å². The van der Waals surface area contributed by atoms with Gasteiger partial charge in [-0.25, -0.2) is 0 Å². The summed E-state index contributed by atoms with van der Waals surface area (Å²) in [5, 5.41) is 7.65. The minimum absolute atomic E-state index is 0.0700. The van der Waals surface area contributed by atoms with E-state index in [0.29, 0.717) is 0 Å². The van der Waals surface area contributed by atoms with Crippen LogP contribution < -0.4 is 0 Å². The molecule has 1 aliphatic rings. The van der Waals surface area contributed by atoms with E-state index < -0.39 is 0 Å². The maximum atomic E-state index is 2.42. The number of benzene rings is 8.